The summed E-state index contributed by atoms with van der Waals surface area (Å²) < 4.78 is 23.3. The number of phosphoric ester groups is 1. The van der Waals surface area contributed by atoms with Crippen LogP contribution in [0.15, 0.2) is 12.2 Å². The molecule has 0 aliphatic carbocycles. The average molecular weight is 732 g/mol. The van der Waals surface area contributed by atoms with E-state index >= 15 is 0 Å². The van der Waals surface area contributed by atoms with E-state index in [9.17, 15) is 19.4 Å². The minimum absolute atomic E-state index is 0.0632. The molecule has 0 saturated carbocycles. The van der Waals surface area contributed by atoms with Crippen LogP contribution in [0.2, 0.25) is 0 Å². The van der Waals surface area contributed by atoms with Crippen LogP contribution in [-0.2, 0) is 18.4 Å². The van der Waals surface area contributed by atoms with Crippen molar-refractivity contribution in [3.05, 3.63) is 12.2 Å². The highest BCUT2D eigenvalue weighted by Gasteiger charge is 2.27. The van der Waals surface area contributed by atoms with E-state index in [2.05, 4.69) is 19.2 Å². The number of aliphatic hydroxyl groups is 1. The zero-order valence-electron chi connectivity index (χ0n) is 33.7. The molecule has 3 unspecified atom stereocenters. The Morgan fingerprint density at radius 3 is 1.48 bits per heavy atom. The fourth-order valence-electron chi connectivity index (χ4n) is 6.10. The quantitative estimate of drug-likeness (QED) is 0.0253. The molecule has 9 heteroatoms. The van der Waals surface area contributed by atoms with Gasteiger partial charge in [-0.1, -0.05) is 180 Å². The van der Waals surface area contributed by atoms with E-state index in [1.807, 2.05) is 27.2 Å². The van der Waals surface area contributed by atoms with Gasteiger partial charge in [-0.3, -0.25) is 13.8 Å². The minimum atomic E-state index is -4.31. The Morgan fingerprint density at radius 2 is 1.06 bits per heavy atom. The van der Waals surface area contributed by atoms with Crippen molar-refractivity contribution in [1.82, 2.24) is 5.32 Å². The van der Waals surface area contributed by atoms with Gasteiger partial charge in [0.25, 0.3) is 0 Å². The first kappa shape index (κ1) is 49.2. The number of quaternary nitrogens is 1. The molecule has 0 saturated heterocycles. The van der Waals surface area contributed by atoms with Gasteiger partial charge in [-0.05, 0) is 19.3 Å². The van der Waals surface area contributed by atoms with Crippen LogP contribution >= 0.6 is 7.82 Å². The molecule has 50 heavy (non-hydrogen) atoms. The number of likely N-dealkylation sites (N-methyl/N-ethyl adjacent to an activating group) is 1. The maximum absolute atomic E-state index is 12.7. The number of rotatable bonds is 38. The molecule has 0 heterocycles. The lowest BCUT2D eigenvalue weighted by molar-refractivity contribution is -0.870. The summed E-state index contributed by atoms with van der Waals surface area (Å²) in [6.45, 7) is 4.71. The van der Waals surface area contributed by atoms with Crippen LogP contribution in [0.3, 0.4) is 0 Å². The molecule has 3 N–H and O–H groups in total. The minimum Gasteiger partial charge on any atom is -0.387 e. The van der Waals surface area contributed by atoms with E-state index in [0.29, 0.717) is 17.4 Å². The molecule has 0 rings (SSSR count). The molecule has 0 aliphatic rings. The van der Waals surface area contributed by atoms with Crippen LogP contribution in [0.4, 0.5) is 0 Å². The van der Waals surface area contributed by atoms with Crippen molar-refractivity contribution in [1.29, 1.82) is 0 Å². The number of amides is 1. The van der Waals surface area contributed by atoms with Crippen LogP contribution in [0.5, 0.6) is 0 Å². The van der Waals surface area contributed by atoms with Crippen LogP contribution in [0.1, 0.15) is 194 Å². The number of hydrogen-bond acceptors (Lipinski definition) is 5. The standard InChI is InChI=1S/C41H83N2O6P/c1-6-8-10-12-13-14-15-16-17-18-19-20-21-22-23-24-25-26-27-28-29-31-33-35-41(45)42-39(40(44)34-32-30-11-9-7-2)38-49-50(46,47)48-37-36-43(3,4)5/h32,34,39-40,44H,6-31,33,35-38H2,1-5H3,(H-,42,45,46,47)/p+1/b34-32+. The molecule has 0 spiro atoms. The van der Waals surface area contributed by atoms with Gasteiger partial charge < -0.3 is 19.8 Å². The lowest BCUT2D eigenvalue weighted by Gasteiger charge is -2.25. The Balaban J connectivity index is 4.00. The number of unbranched alkanes of at least 4 members (excludes halogenated alkanes) is 25. The average Bonchev–Trinajstić information content (AvgIpc) is 3.06. The Labute approximate surface area is 310 Å². The van der Waals surface area contributed by atoms with Crippen LogP contribution < -0.4 is 5.32 Å². The predicted molar refractivity (Wildman–Crippen MR) is 212 cm³/mol. The van der Waals surface area contributed by atoms with Crippen molar-refractivity contribution in [2.45, 2.75) is 206 Å². The zero-order valence-corrected chi connectivity index (χ0v) is 34.5. The second-order valence-electron chi connectivity index (χ2n) is 15.7. The molecule has 0 radical (unpaired) electrons. The SMILES string of the molecule is CCCCC/C=C/C(O)C(COP(=O)(O)OCC[N+](C)(C)C)NC(=O)CCCCCCCCCCCCCCCCCCCCCCCCC. The number of nitrogens with one attached hydrogen (secondary N) is 1. The molecule has 8 nitrogen and oxygen atoms in total. The molecule has 298 valence electrons. The van der Waals surface area contributed by atoms with Gasteiger partial charge in [0.05, 0.1) is 39.9 Å². The van der Waals surface area contributed by atoms with Gasteiger partial charge in [-0.25, -0.2) is 4.57 Å². The Kier molecular flexibility index (Phi) is 33.5. The Hall–Kier alpha value is -0.760. The van der Waals surface area contributed by atoms with Gasteiger partial charge in [0.1, 0.15) is 13.2 Å². The molecule has 3 atom stereocenters. The monoisotopic (exact) mass is 732 g/mol. The van der Waals surface area contributed by atoms with Crippen molar-refractivity contribution in [3.8, 4) is 0 Å². The topological polar surface area (TPSA) is 105 Å². The largest absolute Gasteiger partial charge is 0.472 e. The molecular formula is C41H84N2O6P+. The highest BCUT2D eigenvalue weighted by atomic mass is 31.2. The maximum Gasteiger partial charge on any atom is 0.472 e. The van der Waals surface area contributed by atoms with E-state index in [0.717, 1.165) is 44.9 Å². The first-order valence-corrected chi connectivity index (χ1v) is 22.6. The smallest absolute Gasteiger partial charge is 0.387 e. The van der Waals surface area contributed by atoms with E-state index in [1.54, 1.807) is 6.08 Å². The molecule has 0 aromatic heterocycles. The van der Waals surface area contributed by atoms with Crippen LogP contribution in [0.25, 0.3) is 0 Å². The molecule has 0 aromatic carbocycles. The lowest BCUT2D eigenvalue weighted by atomic mass is 10.0. The fraction of sp³-hybridized carbons (Fsp3) is 0.927. The Morgan fingerprint density at radius 1 is 0.660 bits per heavy atom. The molecule has 0 aliphatic heterocycles. The molecule has 0 fully saturated rings. The third kappa shape index (κ3) is 35.6. The summed E-state index contributed by atoms with van der Waals surface area (Å²) in [6, 6.07) is -0.836. The summed E-state index contributed by atoms with van der Waals surface area (Å²) in [5, 5.41) is 13.6. The first-order chi connectivity index (χ1) is 24.0. The first-order valence-electron chi connectivity index (χ1n) is 21.1. The number of carbonyl (C=O) groups excluding carboxylic acids is 1. The van der Waals surface area contributed by atoms with Crippen molar-refractivity contribution >= 4 is 13.7 Å². The fourth-order valence-corrected chi connectivity index (χ4v) is 6.84. The second-order valence-corrected chi connectivity index (χ2v) is 17.2. The van der Waals surface area contributed by atoms with E-state index in [-0.39, 0.29) is 19.1 Å². The molecule has 0 bridgehead atoms. The van der Waals surface area contributed by atoms with E-state index in [4.69, 9.17) is 9.05 Å². The van der Waals surface area contributed by atoms with Crippen molar-refractivity contribution in [3.63, 3.8) is 0 Å². The summed E-state index contributed by atoms with van der Waals surface area (Å²) in [5.41, 5.74) is 0. The molecule has 0 aromatic rings. The van der Waals surface area contributed by atoms with Gasteiger partial charge in [0.15, 0.2) is 0 Å². The maximum atomic E-state index is 12.7. The number of phosphoric acid groups is 1. The Bertz CT molecular complexity index is 834. The van der Waals surface area contributed by atoms with Crippen LogP contribution in [-0.4, -0.2) is 73.4 Å². The van der Waals surface area contributed by atoms with Crippen LogP contribution in [0, 0.1) is 0 Å². The molecule has 1 amide bonds. The summed E-state index contributed by atoms with van der Waals surface area (Å²) in [5.74, 6) is -0.181. The predicted octanol–water partition coefficient (Wildman–Crippen LogP) is 11.2. The third-order valence-corrected chi connectivity index (χ3v) is 10.5. The number of carbonyl (C=O) groups is 1. The van der Waals surface area contributed by atoms with E-state index in [1.165, 1.54) is 128 Å². The van der Waals surface area contributed by atoms with Gasteiger partial charge in [0, 0.05) is 6.42 Å². The van der Waals surface area contributed by atoms with Gasteiger partial charge in [-0.15, -0.1) is 0 Å². The zero-order chi connectivity index (χ0) is 37.2. The highest BCUT2D eigenvalue weighted by Crippen LogP contribution is 2.43. The number of nitrogens with zero attached hydrogens (tertiary/aromatic N) is 1. The van der Waals surface area contributed by atoms with Crippen molar-refractivity contribution < 1.29 is 32.9 Å². The van der Waals surface area contributed by atoms with Crippen molar-refractivity contribution in [2.75, 3.05) is 40.9 Å². The number of hydrogen-bond donors (Lipinski definition) is 3. The van der Waals surface area contributed by atoms with Crippen molar-refractivity contribution in [2.24, 2.45) is 0 Å². The normalized spacial score (nSPS) is 14.6. The third-order valence-electron chi connectivity index (χ3n) is 9.51. The summed E-state index contributed by atoms with van der Waals surface area (Å²) >= 11 is 0. The van der Waals surface area contributed by atoms with Gasteiger partial charge in [-0.2, -0.15) is 0 Å². The molecular weight excluding hydrogens is 647 g/mol. The lowest BCUT2D eigenvalue weighted by Crippen LogP contribution is -2.45. The summed E-state index contributed by atoms with van der Waals surface area (Å²) in [7, 11) is 1.57. The summed E-state index contributed by atoms with van der Waals surface area (Å²) in [4.78, 5) is 22.9. The van der Waals surface area contributed by atoms with Gasteiger partial charge >= 0.3 is 7.82 Å². The van der Waals surface area contributed by atoms with Gasteiger partial charge in [0.2, 0.25) is 5.91 Å². The summed E-state index contributed by atoms with van der Waals surface area (Å²) in [6.07, 6.45) is 37.6. The van der Waals surface area contributed by atoms with E-state index < -0.39 is 20.0 Å². The highest BCUT2D eigenvalue weighted by molar-refractivity contribution is 7.47. The second kappa shape index (κ2) is 34.0. The number of aliphatic hydroxyl groups excluding tert-OH is 1. The number of allylic oxidation sites excluding steroid dienone is 1.